The van der Waals surface area contributed by atoms with Crippen molar-refractivity contribution in [2.75, 3.05) is 33.8 Å². The number of halogens is 1. The van der Waals surface area contributed by atoms with Crippen LogP contribution < -0.4 is 4.74 Å². The van der Waals surface area contributed by atoms with Gasteiger partial charge in [-0.25, -0.2) is 0 Å². The van der Waals surface area contributed by atoms with Gasteiger partial charge in [-0.3, -0.25) is 14.6 Å². The molecule has 4 nitrogen and oxygen atoms in total. The van der Waals surface area contributed by atoms with E-state index in [2.05, 4.69) is 46.6 Å². The Morgan fingerprint density at radius 1 is 1.33 bits per heavy atom. The Labute approximate surface area is 135 Å². The molecule has 0 bridgehead atoms. The maximum atomic E-state index is 12.4. The van der Waals surface area contributed by atoms with Gasteiger partial charge in [-0.1, -0.05) is 0 Å². The van der Waals surface area contributed by atoms with E-state index in [1.54, 1.807) is 7.11 Å². The van der Waals surface area contributed by atoms with E-state index in [0.717, 1.165) is 28.9 Å². The molecular formula is C16H23BrN2O2. The molecule has 0 spiro atoms. The molecule has 2 atom stereocenters. The zero-order valence-electron chi connectivity index (χ0n) is 13.1. The zero-order valence-corrected chi connectivity index (χ0v) is 14.7. The summed E-state index contributed by atoms with van der Waals surface area (Å²) >= 11 is 3.43. The van der Waals surface area contributed by atoms with Crippen molar-refractivity contribution < 1.29 is 9.53 Å². The molecule has 0 aromatic heterocycles. The Morgan fingerprint density at radius 3 is 2.48 bits per heavy atom. The lowest BCUT2D eigenvalue weighted by Gasteiger charge is -2.42. The molecular weight excluding hydrogens is 332 g/mol. The van der Waals surface area contributed by atoms with E-state index in [1.165, 1.54) is 0 Å². The number of ether oxygens (including phenoxy) is 1. The van der Waals surface area contributed by atoms with Crippen molar-refractivity contribution >= 4 is 21.7 Å². The van der Waals surface area contributed by atoms with E-state index < -0.39 is 0 Å². The van der Waals surface area contributed by atoms with Gasteiger partial charge in [0, 0.05) is 30.7 Å². The number of rotatable bonds is 4. The third kappa shape index (κ3) is 3.84. The van der Waals surface area contributed by atoms with Crippen LogP contribution in [0.3, 0.4) is 0 Å². The average molecular weight is 355 g/mol. The van der Waals surface area contributed by atoms with E-state index in [9.17, 15) is 4.79 Å². The second-order valence-corrected chi connectivity index (χ2v) is 6.68. The number of likely N-dealkylation sites (N-methyl/N-ethyl adjacent to an activating group) is 1. The van der Waals surface area contributed by atoms with Crippen LogP contribution in [0.25, 0.3) is 0 Å². The smallest absolute Gasteiger partial charge is 0.176 e. The molecule has 1 heterocycles. The highest BCUT2D eigenvalue weighted by Gasteiger charge is 2.27. The molecule has 0 radical (unpaired) electrons. The lowest BCUT2D eigenvalue weighted by atomic mass is 10.1. The van der Waals surface area contributed by atoms with Gasteiger partial charge in [-0.2, -0.15) is 0 Å². The number of carbonyl (C=O) groups excluding carboxylic acids is 1. The van der Waals surface area contributed by atoms with Crippen molar-refractivity contribution in [3.05, 3.63) is 28.2 Å². The van der Waals surface area contributed by atoms with Crippen LogP contribution >= 0.6 is 15.9 Å². The third-order valence-corrected chi connectivity index (χ3v) is 4.90. The van der Waals surface area contributed by atoms with Gasteiger partial charge in [-0.05, 0) is 55.0 Å². The topological polar surface area (TPSA) is 32.8 Å². The first kappa shape index (κ1) is 16.5. The van der Waals surface area contributed by atoms with Crippen LogP contribution in [-0.4, -0.2) is 61.5 Å². The second kappa shape index (κ2) is 6.90. The number of hydrogen-bond donors (Lipinski definition) is 0. The maximum absolute atomic E-state index is 12.4. The van der Waals surface area contributed by atoms with Gasteiger partial charge in [0.2, 0.25) is 0 Å². The van der Waals surface area contributed by atoms with E-state index in [1.807, 2.05) is 18.2 Å². The van der Waals surface area contributed by atoms with Gasteiger partial charge < -0.3 is 4.74 Å². The highest BCUT2D eigenvalue weighted by molar-refractivity contribution is 9.10. The van der Waals surface area contributed by atoms with Crippen molar-refractivity contribution in [2.45, 2.75) is 25.9 Å². The molecule has 1 aliphatic rings. The summed E-state index contributed by atoms with van der Waals surface area (Å²) in [7, 11) is 3.77. The number of carbonyl (C=O) groups is 1. The van der Waals surface area contributed by atoms with Gasteiger partial charge in [0.15, 0.2) is 5.78 Å². The standard InChI is InChI=1S/C16H23BrN2O2/c1-11-8-19(9-12(2)18(11)3)10-15(20)13-5-6-16(21-4)14(17)7-13/h5-7,11-12H,8-10H2,1-4H3. The quantitative estimate of drug-likeness (QED) is 0.778. The highest BCUT2D eigenvalue weighted by Crippen LogP contribution is 2.26. The maximum Gasteiger partial charge on any atom is 0.176 e. The molecule has 1 fully saturated rings. The molecule has 1 aromatic carbocycles. The molecule has 116 valence electrons. The summed E-state index contributed by atoms with van der Waals surface area (Å²) in [5.41, 5.74) is 0.724. The lowest BCUT2D eigenvalue weighted by molar-refractivity contribution is 0.0549. The molecule has 0 saturated carbocycles. The molecule has 5 heteroatoms. The summed E-state index contributed by atoms with van der Waals surface area (Å²) in [5.74, 6) is 0.899. The van der Waals surface area contributed by atoms with E-state index >= 15 is 0 Å². The zero-order chi connectivity index (χ0) is 15.6. The van der Waals surface area contributed by atoms with Crippen LogP contribution in [0.15, 0.2) is 22.7 Å². The predicted molar refractivity (Wildman–Crippen MR) is 88.2 cm³/mol. The summed E-state index contributed by atoms with van der Waals surface area (Å²) in [5, 5.41) is 0. The van der Waals surface area contributed by atoms with Gasteiger partial charge >= 0.3 is 0 Å². The minimum absolute atomic E-state index is 0.155. The normalized spacial score (nSPS) is 24.0. The van der Waals surface area contributed by atoms with Gasteiger partial charge in [0.1, 0.15) is 5.75 Å². The average Bonchev–Trinajstić information content (AvgIpc) is 2.44. The van der Waals surface area contributed by atoms with Crippen LogP contribution in [0.2, 0.25) is 0 Å². The Hall–Kier alpha value is -0.910. The van der Waals surface area contributed by atoms with Crippen molar-refractivity contribution in [2.24, 2.45) is 0 Å². The summed E-state index contributed by atoms with van der Waals surface area (Å²) in [4.78, 5) is 17.1. The van der Waals surface area contributed by atoms with Crippen LogP contribution in [0.1, 0.15) is 24.2 Å². The summed E-state index contributed by atoms with van der Waals surface area (Å²) in [6.07, 6.45) is 0. The Bertz CT molecular complexity index is 509. The first-order valence-electron chi connectivity index (χ1n) is 7.23. The van der Waals surface area contributed by atoms with Gasteiger partial charge in [-0.15, -0.1) is 0 Å². The lowest BCUT2D eigenvalue weighted by Crippen LogP contribution is -2.55. The summed E-state index contributed by atoms with van der Waals surface area (Å²) in [6, 6.07) is 6.44. The Morgan fingerprint density at radius 2 is 1.95 bits per heavy atom. The molecule has 1 saturated heterocycles. The number of methoxy groups -OCH3 is 1. The summed E-state index contributed by atoms with van der Waals surface area (Å²) in [6.45, 7) is 6.75. The third-order valence-electron chi connectivity index (χ3n) is 4.28. The largest absolute Gasteiger partial charge is 0.496 e. The van der Waals surface area contributed by atoms with E-state index in [4.69, 9.17) is 4.74 Å². The minimum atomic E-state index is 0.155. The Kier molecular flexibility index (Phi) is 5.41. The first-order chi connectivity index (χ1) is 9.92. The van der Waals surface area contributed by atoms with Gasteiger partial charge in [0.05, 0.1) is 18.1 Å². The number of nitrogens with zero attached hydrogens (tertiary/aromatic N) is 2. The number of piperazine rings is 1. The summed E-state index contributed by atoms with van der Waals surface area (Å²) < 4.78 is 6.01. The SMILES string of the molecule is COc1ccc(C(=O)CN2CC(C)N(C)C(C)C2)cc1Br. The fraction of sp³-hybridized carbons (Fsp3) is 0.562. The number of ketones is 1. The molecule has 1 aliphatic heterocycles. The van der Waals surface area contributed by atoms with Crippen molar-refractivity contribution in [1.29, 1.82) is 0 Å². The van der Waals surface area contributed by atoms with Crippen LogP contribution in [0.5, 0.6) is 5.75 Å². The van der Waals surface area contributed by atoms with Gasteiger partial charge in [0.25, 0.3) is 0 Å². The van der Waals surface area contributed by atoms with E-state index in [-0.39, 0.29) is 5.78 Å². The molecule has 1 aromatic rings. The first-order valence-corrected chi connectivity index (χ1v) is 8.02. The van der Waals surface area contributed by atoms with Crippen molar-refractivity contribution in [1.82, 2.24) is 9.80 Å². The number of hydrogen-bond acceptors (Lipinski definition) is 4. The fourth-order valence-electron chi connectivity index (χ4n) is 2.78. The van der Waals surface area contributed by atoms with Crippen LogP contribution in [0, 0.1) is 0 Å². The molecule has 2 rings (SSSR count). The van der Waals surface area contributed by atoms with E-state index in [0.29, 0.717) is 18.6 Å². The fourth-order valence-corrected chi connectivity index (χ4v) is 3.32. The second-order valence-electron chi connectivity index (χ2n) is 5.83. The highest BCUT2D eigenvalue weighted by atomic mass is 79.9. The Balaban J connectivity index is 2.03. The van der Waals surface area contributed by atoms with Crippen molar-refractivity contribution in [3.8, 4) is 5.75 Å². The molecule has 2 unspecified atom stereocenters. The molecule has 0 amide bonds. The van der Waals surface area contributed by atoms with Crippen LogP contribution in [-0.2, 0) is 0 Å². The molecule has 0 aliphatic carbocycles. The number of Topliss-reactive ketones (excluding diaryl/α,β-unsaturated/α-hetero) is 1. The molecule has 0 N–H and O–H groups in total. The molecule has 21 heavy (non-hydrogen) atoms. The van der Waals surface area contributed by atoms with Crippen molar-refractivity contribution in [3.63, 3.8) is 0 Å². The number of benzene rings is 1. The predicted octanol–water partition coefficient (Wildman–Crippen LogP) is 2.66. The monoisotopic (exact) mass is 354 g/mol. The van der Waals surface area contributed by atoms with Crippen LogP contribution in [0.4, 0.5) is 0 Å². The minimum Gasteiger partial charge on any atom is -0.496 e.